The van der Waals surface area contributed by atoms with Gasteiger partial charge in [0, 0.05) is 23.9 Å². The molecular formula is C15H17F2N3. The van der Waals surface area contributed by atoms with E-state index < -0.39 is 11.6 Å². The van der Waals surface area contributed by atoms with Crippen LogP contribution in [0.15, 0.2) is 30.5 Å². The van der Waals surface area contributed by atoms with Crippen molar-refractivity contribution in [2.75, 3.05) is 12.8 Å². The predicted molar refractivity (Wildman–Crippen MR) is 75.2 cm³/mol. The van der Waals surface area contributed by atoms with Crippen LogP contribution in [0.4, 0.5) is 14.6 Å². The van der Waals surface area contributed by atoms with Crippen LogP contribution in [0.5, 0.6) is 0 Å². The lowest BCUT2D eigenvalue weighted by Gasteiger charge is -2.19. The second kappa shape index (κ2) is 5.96. The minimum atomic E-state index is -0.580. The van der Waals surface area contributed by atoms with E-state index in [1.54, 1.807) is 13.2 Å². The number of aromatic nitrogens is 1. The van der Waals surface area contributed by atoms with Crippen LogP contribution in [-0.4, -0.2) is 12.0 Å². The zero-order valence-electron chi connectivity index (χ0n) is 11.5. The number of hydrogen-bond acceptors (Lipinski definition) is 3. The van der Waals surface area contributed by atoms with E-state index in [1.807, 2.05) is 13.0 Å². The average Bonchev–Trinajstić information content (AvgIpc) is 2.41. The van der Waals surface area contributed by atoms with Crippen molar-refractivity contribution in [3.8, 4) is 0 Å². The Hall–Kier alpha value is -2.01. The molecule has 106 valence electrons. The SMILES string of the molecule is CNC(Cc1ccc(F)cc1F)c1cc(C)cnc1N. The van der Waals surface area contributed by atoms with Gasteiger partial charge in [-0.2, -0.15) is 0 Å². The number of nitrogens with one attached hydrogen (secondary N) is 1. The fourth-order valence-corrected chi connectivity index (χ4v) is 2.16. The third-order valence-corrected chi connectivity index (χ3v) is 3.25. The minimum Gasteiger partial charge on any atom is -0.383 e. The molecule has 0 radical (unpaired) electrons. The number of halogens is 2. The van der Waals surface area contributed by atoms with Crippen molar-refractivity contribution in [2.24, 2.45) is 0 Å². The smallest absolute Gasteiger partial charge is 0.129 e. The fourth-order valence-electron chi connectivity index (χ4n) is 2.16. The Labute approximate surface area is 116 Å². The molecule has 1 unspecified atom stereocenters. The van der Waals surface area contributed by atoms with Crippen LogP contribution in [0.25, 0.3) is 0 Å². The molecule has 0 spiro atoms. The molecule has 0 aliphatic heterocycles. The monoisotopic (exact) mass is 277 g/mol. The van der Waals surface area contributed by atoms with Gasteiger partial charge in [-0.15, -0.1) is 0 Å². The van der Waals surface area contributed by atoms with Crippen molar-refractivity contribution in [3.05, 3.63) is 58.8 Å². The molecule has 1 aromatic carbocycles. The van der Waals surface area contributed by atoms with Gasteiger partial charge in [0.1, 0.15) is 17.5 Å². The summed E-state index contributed by atoms with van der Waals surface area (Å²) in [5.74, 6) is -0.717. The lowest BCUT2D eigenvalue weighted by molar-refractivity contribution is 0.540. The molecule has 3 N–H and O–H groups in total. The lowest BCUT2D eigenvalue weighted by Crippen LogP contribution is -2.21. The first-order valence-electron chi connectivity index (χ1n) is 6.34. The molecule has 0 fully saturated rings. The Morgan fingerprint density at radius 1 is 1.30 bits per heavy atom. The highest BCUT2D eigenvalue weighted by atomic mass is 19.1. The Balaban J connectivity index is 2.31. The zero-order valence-corrected chi connectivity index (χ0v) is 11.5. The molecule has 0 aliphatic carbocycles. The number of hydrogen-bond donors (Lipinski definition) is 2. The second-order valence-corrected chi connectivity index (χ2v) is 4.77. The number of benzene rings is 1. The van der Waals surface area contributed by atoms with Crippen molar-refractivity contribution in [3.63, 3.8) is 0 Å². The van der Waals surface area contributed by atoms with Crippen molar-refractivity contribution >= 4 is 5.82 Å². The lowest BCUT2D eigenvalue weighted by atomic mass is 9.98. The quantitative estimate of drug-likeness (QED) is 0.903. The molecule has 5 heteroatoms. The summed E-state index contributed by atoms with van der Waals surface area (Å²) in [6.07, 6.45) is 2.06. The topological polar surface area (TPSA) is 50.9 Å². The molecule has 3 nitrogen and oxygen atoms in total. The molecular weight excluding hydrogens is 260 g/mol. The summed E-state index contributed by atoms with van der Waals surface area (Å²) in [6, 6.07) is 5.34. The number of nitrogen functional groups attached to an aromatic ring is 1. The summed E-state index contributed by atoms with van der Waals surface area (Å²) < 4.78 is 26.6. The van der Waals surface area contributed by atoms with Gasteiger partial charge in [0.15, 0.2) is 0 Å². The van der Waals surface area contributed by atoms with Gasteiger partial charge in [-0.3, -0.25) is 0 Å². The van der Waals surface area contributed by atoms with Crippen LogP contribution in [-0.2, 0) is 6.42 Å². The Bertz CT molecular complexity index is 614. The van der Waals surface area contributed by atoms with Crippen molar-refractivity contribution in [1.29, 1.82) is 0 Å². The summed E-state index contributed by atoms with van der Waals surface area (Å²) in [5, 5.41) is 3.10. The second-order valence-electron chi connectivity index (χ2n) is 4.77. The summed E-state index contributed by atoms with van der Waals surface area (Å²) in [7, 11) is 1.77. The largest absolute Gasteiger partial charge is 0.383 e. The first-order chi connectivity index (χ1) is 9.51. The fraction of sp³-hybridized carbons (Fsp3) is 0.267. The minimum absolute atomic E-state index is 0.178. The molecule has 1 aromatic heterocycles. The van der Waals surface area contributed by atoms with E-state index in [0.717, 1.165) is 17.2 Å². The van der Waals surface area contributed by atoms with Gasteiger partial charge in [0.2, 0.25) is 0 Å². The van der Waals surface area contributed by atoms with Gasteiger partial charge < -0.3 is 11.1 Å². The summed E-state index contributed by atoms with van der Waals surface area (Å²) in [4.78, 5) is 4.11. The number of pyridine rings is 1. The Kier molecular flexibility index (Phi) is 4.29. The van der Waals surface area contributed by atoms with E-state index in [1.165, 1.54) is 12.1 Å². The molecule has 0 saturated carbocycles. The van der Waals surface area contributed by atoms with Crippen molar-refractivity contribution in [2.45, 2.75) is 19.4 Å². The third-order valence-electron chi connectivity index (χ3n) is 3.25. The first kappa shape index (κ1) is 14.4. The van der Waals surface area contributed by atoms with Crippen molar-refractivity contribution < 1.29 is 8.78 Å². The van der Waals surface area contributed by atoms with Crippen LogP contribution in [0, 0.1) is 18.6 Å². The average molecular weight is 277 g/mol. The van der Waals surface area contributed by atoms with Gasteiger partial charge in [0.25, 0.3) is 0 Å². The number of aryl methyl sites for hydroxylation is 1. The number of anilines is 1. The van der Waals surface area contributed by atoms with Gasteiger partial charge in [-0.25, -0.2) is 13.8 Å². The van der Waals surface area contributed by atoms with E-state index in [-0.39, 0.29) is 6.04 Å². The van der Waals surface area contributed by atoms with Crippen LogP contribution < -0.4 is 11.1 Å². The number of nitrogens with two attached hydrogens (primary N) is 1. The van der Waals surface area contributed by atoms with Crippen LogP contribution in [0.3, 0.4) is 0 Å². The predicted octanol–water partition coefficient (Wildman–Crippen LogP) is 2.75. The molecule has 0 aliphatic rings. The van der Waals surface area contributed by atoms with E-state index >= 15 is 0 Å². The Morgan fingerprint density at radius 2 is 2.05 bits per heavy atom. The van der Waals surface area contributed by atoms with Crippen molar-refractivity contribution in [1.82, 2.24) is 10.3 Å². The van der Waals surface area contributed by atoms with Gasteiger partial charge in [-0.05, 0) is 43.7 Å². The Morgan fingerprint density at radius 3 is 2.70 bits per heavy atom. The highest BCUT2D eigenvalue weighted by Crippen LogP contribution is 2.24. The third kappa shape index (κ3) is 3.11. The maximum atomic E-state index is 13.7. The molecule has 2 rings (SSSR count). The van der Waals surface area contributed by atoms with Crippen LogP contribution in [0.2, 0.25) is 0 Å². The molecule has 2 aromatic rings. The molecule has 0 amide bonds. The van der Waals surface area contributed by atoms with Crippen LogP contribution >= 0.6 is 0 Å². The van der Waals surface area contributed by atoms with Crippen LogP contribution in [0.1, 0.15) is 22.7 Å². The highest BCUT2D eigenvalue weighted by Gasteiger charge is 2.16. The maximum absolute atomic E-state index is 13.7. The standard InChI is InChI=1S/C15H17F2N3/c1-9-5-12(15(18)20-8-9)14(19-2)6-10-3-4-11(16)7-13(10)17/h3-5,7-8,14,19H,6H2,1-2H3,(H2,18,20). The summed E-state index contributed by atoms with van der Waals surface area (Å²) in [6.45, 7) is 1.92. The summed E-state index contributed by atoms with van der Waals surface area (Å²) >= 11 is 0. The maximum Gasteiger partial charge on any atom is 0.129 e. The van der Waals surface area contributed by atoms with Gasteiger partial charge in [0.05, 0.1) is 0 Å². The zero-order chi connectivity index (χ0) is 14.7. The molecule has 20 heavy (non-hydrogen) atoms. The molecule has 0 saturated heterocycles. The molecule has 0 bridgehead atoms. The first-order valence-corrected chi connectivity index (χ1v) is 6.34. The number of likely N-dealkylation sites (N-methyl/N-ethyl adjacent to an activating group) is 1. The van der Waals surface area contributed by atoms with E-state index in [2.05, 4.69) is 10.3 Å². The highest BCUT2D eigenvalue weighted by molar-refractivity contribution is 5.43. The van der Waals surface area contributed by atoms with E-state index in [9.17, 15) is 8.78 Å². The van der Waals surface area contributed by atoms with E-state index in [0.29, 0.717) is 17.8 Å². The number of rotatable bonds is 4. The number of nitrogens with zero attached hydrogens (tertiary/aromatic N) is 1. The normalized spacial score (nSPS) is 12.4. The summed E-state index contributed by atoms with van der Waals surface area (Å²) in [5.41, 5.74) is 8.11. The van der Waals surface area contributed by atoms with Gasteiger partial charge in [-0.1, -0.05) is 6.07 Å². The van der Waals surface area contributed by atoms with E-state index in [4.69, 9.17) is 5.73 Å². The molecule has 1 heterocycles. The molecule has 1 atom stereocenters. The van der Waals surface area contributed by atoms with Gasteiger partial charge >= 0.3 is 0 Å².